The molecule has 1 fully saturated rings. The summed E-state index contributed by atoms with van der Waals surface area (Å²) in [5.74, 6) is 0.159. The van der Waals surface area contributed by atoms with Crippen molar-refractivity contribution in [2.24, 2.45) is 0 Å². The van der Waals surface area contributed by atoms with Gasteiger partial charge in [0.1, 0.15) is 0 Å². The zero-order valence-corrected chi connectivity index (χ0v) is 10.7. The average Bonchev–Trinajstić information content (AvgIpc) is 2.32. The molecule has 17 heavy (non-hydrogen) atoms. The van der Waals surface area contributed by atoms with Crippen molar-refractivity contribution in [3.05, 3.63) is 34.9 Å². The summed E-state index contributed by atoms with van der Waals surface area (Å²) in [6, 6.07) is 7.90. The molecule has 2 rings (SSSR count). The lowest BCUT2D eigenvalue weighted by atomic mass is 10.1. The first kappa shape index (κ1) is 12.4. The number of rotatable bonds is 2. The van der Waals surface area contributed by atoms with Gasteiger partial charge in [-0.25, -0.2) is 0 Å². The third kappa shape index (κ3) is 3.20. The van der Waals surface area contributed by atoms with Gasteiger partial charge in [0.25, 0.3) is 0 Å². The molecule has 1 atom stereocenters. The molecule has 1 aromatic carbocycles. The van der Waals surface area contributed by atoms with Crippen molar-refractivity contribution in [3.8, 4) is 0 Å². The molecule has 0 spiro atoms. The first-order valence-corrected chi connectivity index (χ1v) is 6.29. The topological polar surface area (TPSA) is 32.3 Å². The first-order chi connectivity index (χ1) is 8.16. The van der Waals surface area contributed by atoms with Crippen LogP contribution in [0.3, 0.4) is 0 Å². The van der Waals surface area contributed by atoms with Gasteiger partial charge in [-0.05, 0) is 18.6 Å². The van der Waals surface area contributed by atoms with Crippen LogP contribution in [-0.2, 0) is 11.2 Å². The van der Waals surface area contributed by atoms with E-state index in [9.17, 15) is 4.79 Å². The number of benzene rings is 1. The highest BCUT2D eigenvalue weighted by atomic mass is 35.5. The maximum absolute atomic E-state index is 12.1. The molecule has 0 unspecified atom stereocenters. The van der Waals surface area contributed by atoms with Crippen molar-refractivity contribution in [2.45, 2.75) is 19.4 Å². The standard InChI is InChI=1S/C13H17ClN2O/c1-10-9-16(7-6-15-10)13(17)8-11-4-2-3-5-12(11)14/h2-5,10,15H,6-9H2,1H3/t10-/m0/s1. The van der Waals surface area contributed by atoms with Crippen molar-refractivity contribution < 1.29 is 4.79 Å². The molecule has 1 aliphatic heterocycles. The molecule has 0 radical (unpaired) electrons. The Morgan fingerprint density at radius 1 is 1.53 bits per heavy atom. The lowest BCUT2D eigenvalue weighted by Crippen LogP contribution is -2.51. The lowest BCUT2D eigenvalue weighted by Gasteiger charge is -2.32. The zero-order chi connectivity index (χ0) is 12.3. The second-order valence-electron chi connectivity index (χ2n) is 4.46. The molecule has 1 saturated heterocycles. The summed E-state index contributed by atoms with van der Waals surface area (Å²) in [7, 11) is 0. The smallest absolute Gasteiger partial charge is 0.227 e. The molecular weight excluding hydrogens is 236 g/mol. The summed E-state index contributed by atoms with van der Waals surface area (Å²) >= 11 is 6.05. The van der Waals surface area contributed by atoms with Crippen LogP contribution < -0.4 is 5.32 Å². The summed E-state index contributed by atoms with van der Waals surface area (Å²) in [4.78, 5) is 14.0. The molecule has 4 heteroatoms. The SMILES string of the molecule is C[C@H]1CN(C(=O)Cc2ccccc2Cl)CCN1. The summed E-state index contributed by atoms with van der Waals surface area (Å²) in [5, 5.41) is 3.99. The summed E-state index contributed by atoms with van der Waals surface area (Å²) in [6.07, 6.45) is 0.395. The van der Waals surface area contributed by atoms with E-state index in [1.807, 2.05) is 29.2 Å². The number of nitrogens with one attached hydrogen (secondary N) is 1. The van der Waals surface area contributed by atoms with Gasteiger partial charge in [0, 0.05) is 30.7 Å². The Bertz CT molecular complexity index is 408. The number of carbonyl (C=O) groups is 1. The van der Waals surface area contributed by atoms with E-state index in [4.69, 9.17) is 11.6 Å². The van der Waals surface area contributed by atoms with Gasteiger partial charge in [-0.2, -0.15) is 0 Å². The quantitative estimate of drug-likeness (QED) is 0.869. The number of amides is 1. The zero-order valence-electron chi connectivity index (χ0n) is 9.95. The van der Waals surface area contributed by atoms with E-state index in [1.165, 1.54) is 0 Å². The van der Waals surface area contributed by atoms with Crippen LogP contribution in [0.5, 0.6) is 0 Å². The number of hydrogen-bond donors (Lipinski definition) is 1. The molecule has 0 aliphatic carbocycles. The third-order valence-corrected chi connectivity index (χ3v) is 3.39. The van der Waals surface area contributed by atoms with Gasteiger partial charge in [0.2, 0.25) is 5.91 Å². The van der Waals surface area contributed by atoms with Gasteiger partial charge >= 0.3 is 0 Å². The Balaban J connectivity index is 1.99. The second-order valence-corrected chi connectivity index (χ2v) is 4.87. The van der Waals surface area contributed by atoms with Crippen molar-refractivity contribution in [3.63, 3.8) is 0 Å². The third-order valence-electron chi connectivity index (χ3n) is 3.02. The maximum Gasteiger partial charge on any atom is 0.227 e. The molecule has 0 aromatic heterocycles. The molecular formula is C13H17ClN2O. The van der Waals surface area contributed by atoms with E-state index in [0.29, 0.717) is 17.5 Å². The van der Waals surface area contributed by atoms with E-state index in [2.05, 4.69) is 12.2 Å². The Kier molecular flexibility index (Phi) is 4.02. The van der Waals surface area contributed by atoms with E-state index in [1.54, 1.807) is 0 Å². The van der Waals surface area contributed by atoms with Crippen LogP contribution in [-0.4, -0.2) is 36.5 Å². The van der Waals surface area contributed by atoms with E-state index < -0.39 is 0 Å². The van der Waals surface area contributed by atoms with Gasteiger partial charge in [-0.1, -0.05) is 29.8 Å². The Morgan fingerprint density at radius 3 is 3.00 bits per heavy atom. The fourth-order valence-corrected chi connectivity index (χ4v) is 2.28. The Morgan fingerprint density at radius 2 is 2.29 bits per heavy atom. The summed E-state index contributed by atoms with van der Waals surface area (Å²) < 4.78 is 0. The van der Waals surface area contributed by atoms with Crippen molar-refractivity contribution in [1.29, 1.82) is 0 Å². The summed E-state index contributed by atoms with van der Waals surface area (Å²) in [5.41, 5.74) is 0.908. The molecule has 1 N–H and O–H groups in total. The fraction of sp³-hybridized carbons (Fsp3) is 0.462. The van der Waals surface area contributed by atoms with Crippen molar-refractivity contribution in [2.75, 3.05) is 19.6 Å². The highest BCUT2D eigenvalue weighted by Crippen LogP contribution is 2.16. The molecule has 0 bridgehead atoms. The first-order valence-electron chi connectivity index (χ1n) is 5.91. The molecule has 1 aliphatic rings. The van der Waals surface area contributed by atoms with Gasteiger partial charge in [0.15, 0.2) is 0 Å². The minimum atomic E-state index is 0.159. The monoisotopic (exact) mass is 252 g/mol. The highest BCUT2D eigenvalue weighted by Gasteiger charge is 2.20. The van der Waals surface area contributed by atoms with E-state index in [0.717, 1.165) is 25.2 Å². The minimum Gasteiger partial charge on any atom is -0.340 e. The van der Waals surface area contributed by atoms with Crippen LogP contribution in [0.1, 0.15) is 12.5 Å². The van der Waals surface area contributed by atoms with Gasteiger partial charge in [-0.3, -0.25) is 4.79 Å². The fourth-order valence-electron chi connectivity index (χ4n) is 2.08. The van der Waals surface area contributed by atoms with E-state index in [-0.39, 0.29) is 5.91 Å². The maximum atomic E-state index is 12.1. The lowest BCUT2D eigenvalue weighted by molar-refractivity contribution is -0.131. The number of hydrogen-bond acceptors (Lipinski definition) is 2. The second kappa shape index (κ2) is 5.52. The Hall–Kier alpha value is -1.06. The molecule has 1 aromatic rings. The minimum absolute atomic E-state index is 0.159. The van der Waals surface area contributed by atoms with Crippen LogP contribution in [0.2, 0.25) is 5.02 Å². The molecule has 0 saturated carbocycles. The number of halogens is 1. The number of carbonyl (C=O) groups excluding carboxylic acids is 1. The van der Waals surface area contributed by atoms with Crippen LogP contribution in [0.25, 0.3) is 0 Å². The van der Waals surface area contributed by atoms with Gasteiger partial charge < -0.3 is 10.2 Å². The Labute approximate surface area is 107 Å². The molecule has 1 amide bonds. The molecule has 3 nitrogen and oxygen atoms in total. The molecule has 92 valence electrons. The van der Waals surface area contributed by atoms with Crippen molar-refractivity contribution >= 4 is 17.5 Å². The van der Waals surface area contributed by atoms with Crippen LogP contribution in [0.4, 0.5) is 0 Å². The predicted molar refractivity (Wildman–Crippen MR) is 69.2 cm³/mol. The van der Waals surface area contributed by atoms with Gasteiger partial charge in [-0.15, -0.1) is 0 Å². The van der Waals surface area contributed by atoms with Gasteiger partial charge in [0.05, 0.1) is 6.42 Å². The van der Waals surface area contributed by atoms with E-state index >= 15 is 0 Å². The summed E-state index contributed by atoms with van der Waals surface area (Å²) in [6.45, 7) is 4.53. The van der Waals surface area contributed by atoms with Crippen LogP contribution >= 0.6 is 11.6 Å². The van der Waals surface area contributed by atoms with Crippen LogP contribution in [0, 0.1) is 0 Å². The number of nitrogens with zero attached hydrogens (tertiary/aromatic N) is 1. The van der Waals surface area contributed by atoms with Crippen LogP contribution in [0.15, 0.2) is 24.3 Å². The predicted octanol–water partition coefficient (Wildman–Crippen LogP) is 1.70. The normalized spacial score (nSPS) is 20.4. The average molecular weight is 253 g/mol. The molecule has 1 heterocycles. The largest absolute Gasteiger partial charge is 0.340 e. The van der Waals surface area contributed by atoms with Crippen molar-refractivity contribution in [1.82, 2.24) is 10.2 Å². The highest BCUT2D eigenvalue weighted by molar-refractivity contribution is 6.31. The number of piperazine rings is 1.